The van der Waals surface area contributed by atoms with Gasteiger partial charge in [0, 0.05) is 17.7 Å². The molecule has 3 aromatic rings. The summed E-state index contributed by atoms with van der Waals surface area (Å²) in [5.74, 6) is 1.44. The van der Waals surface area contributed by atoms with Crippen LogP contribution in [0.4, 0.5) is 0 Å². The summed E-state index contributed by atoms with van der Waals surface area (Å²) in [5.41, 5.74) is 1.15. The van der Waals surface area contributed by atoms with Crippen LogP contribution in [0.5, 0.6) is 17.2 Å². The van der Waals surface area contributed by atoms with E-state index in [2.05, 4.69) is 9.97 Å². The fourth-order valence-electron chi connectivity index (χ4n) is 2.38. The van der Waals surface area contributed by atoms with Gasteiger partial charge in [0.25, 0.3) is 0 Å². The Kier molecular flexibility index (Phi) is 4.45. The molecule has 0 aliphatic carbocycles. The minimum absolute atomic E-state index is 0.0217. The Morgan fingerprint density at radius 2 is 2.00 bits per heavy atom. The van der Waals surface area contributed by atoms with Gasteiger partial charge >= 0.3 is 0 Å². The van der Waals surface area contributed by atoms with Crippen LogP contribution in [-0.4, -0.2) is 37.5 Å². The Labute approximate surface area is 144 Å². The van der Waals surface area contributed by atoms with Gasteiger partial charge in [0.1, 0.15) is 17.2 Å². The van der Waals surface area contributed by atoms with Gasteiger partial charge in [-0.3, -0.25) is 4.79 Å². The molecule has 2 aromatic heterocycles. The standard InChI is InChI=1S/C17H16N2O5S/c1-3-23-15-8-14(7-11-6-12(10-20)19-17(11)15)24-13-4-5-16(18-9-13)25(2,21)22/h4-10,19H,3H2,1-2H3. The fraction of sp³-hybridized carbons (Fsp3) is 0.176. The van der Waals surface area contributed by atoms with Gasteiger partial charge in [-0.05, 0) is 31.2 Å². The number of benzene rings is 1. The molecule has 8 heteroatoms. The molecular weight excluding hydrogens is 344 g/mol. The van der Waals surface area contributed by atoms with Crippen molar-refractivity contribution >= 4 is 27.0 Å². The van der Waals surface area contributed by atoms with Crippen LogP contribution < -0.4 is 9.47 Å². The Morgan fingerprint density at radius 3 is 2.60 bits per heavy atom. The zero-order valence-corrected chi connectivity index (χ0v) is 14.5. The number of sulfone groups is 1. The molecule has 0 unspecified atom stereocenters. The van der Waals surface area contributed by atoms with Crippen molar-refractivity contribution in [1.29, 1.82) is 0 Å². The van der Waals surface area contributed by atoms with E-state index in [1.807, 2.05) is 6.92 Å². The molecule has 3 rings (SSSR count). The van der Waals surface area contributed by atoms with Gasteiger partial charge in [-0.1, -0.05) is 0 Å². The molecule has 0 saturated heterocycles. The van der Waals surface area contributed by atoms with Crippen molar-refractivity contribution in [2.75, 3.05) is 12.9 Å². The number of carbonyl (C=O) groups is 1. The molecule has 0 aliphatic rings. The molecule has 0 amide bonds. The fourth-order valence-corrected chi connectivity index (χ4v) is 2.94. The van der Waals surface area contributed by atoms with Crippen LogP contribution in [0, 0.1) is 0 Å². The molecule has 0 spiro atoms. The van der Waals surface area contributed by atoms with E-state index in [1.54, 1.807) is 18.2 Å². The minimum atomic E-state index is -3.36. The number of nitrogens with zero attached hydrogens (tertiary/aromatic N) is 1. The first kappa shape index (κ1) is 17.0. The summed E-state index contributed by atoms with van der Waals surface area (Å²) in [6.45, 7) is 2.31. The highest BCUT2D eigenvalue weighted by Crippen LogP contribution is 2.33. The predicted molar refractivity (Wildman–Crippen MR) is 92.3 cm³/mol. The molecular formula is C17H16N2O5S. The number of hydrogen-bond donors (Lipinski definition) is 1. The molecule has 0 aliphatic heterocycles. The zero-order valence-electron chi connectivity index (χ0n) is 13.6. The van der Waals surface area contributed by atoms with Crippen LogP contribution in [0.25, 0.3) is 10.9 Å². The lowest BCUT2D eigenvalue weighted by molar-refractivity contribution is 0.111. The van der Waals surface area contributed by atoms with Crippen LogP contribution >= 0.6 is 0 Å². The quantitative estimate of drug-likeness (QED) is 0.679. The van der Waals surface area contributed by atoms with E-state index in [0.29, 0.717) is 35.1 Å². The first-order valence-corrected chi connectivity index (χ1v) is 9.38. The highest BCUT2D eigenvalue weighted by molar-refractivity contribution is 7.90. The summed E-state index contributed by atoms with van der Waals surface area (Å²) in [7, 11) is -3.36. The Bertz CT molecular complexity index is 1020. The second-order valence-electron chi connectivity index (χ2n) is 5.37. The molecule has 7 nitrogen and oxygen atoms in total. The van der Waals surface area contributed by atoms with Crippen LogP contribution in [0.1, 0.15) is 17.4 Å². The van der Waals surface area contributed by atoms with Gasteiger partial charge in [-0.15, -0.1) is 0 Å². The van der Waals surface area contributed by atoms with Gasteiger partial charge in [0.2, 0.25) is 0 Å². The Morgan fingerprint density at radius 1 is 1.20 bits per heavy atom. The maximum Gasteiger partial charge on any atom is 0.192 e. The van der Waals surface area contributed by atoms with Gasteiger partial charge in [-0.25, -0.2) is 13.4 Å². The summed E-state index contributed by atoms with van der Waals surface area (Å²) in [4.78, 5) is 17.8. The third-order valence-corrected chi connectivity index (χ3v) is 4.44. The van der Waals surface area contributed by atoms with Crippen molar-refractivity contribution in [3.05, 3.63) is 42.2 Å². The number of rotatable bonds is 6. The molecule has 0 fully saturated rings. The number of ether oxygens (including phenoxy) is 2. The molecule has 2 heterocycles. The molecule has 0 radical (unpaired) electrons. The van der Waals surface area contributed by atoms with Crippen molar-refractivity contribution in [2.45, 2.75) is 11.9 Å². The second kappa shape index (κ2) is 6.56. The lowest BCUT2D eigenvalue weighted by atomic mass is 10.2. The van der Waals surface area contributed by atoms with Gasteiger partial charge in [0.05, 0.1) is 24.0 Å². The number of H-pyrrole nitrogens is 1. The molecule has 130 valence electrons. The number of aromatic amines is 1. The Balaban J connectivity index is 1.96. The third-order valence-electron chi connectivity index (χ3n) is 3.44. The maximum absolute atomic E-state index is 11.4. The van der Waals surface area contributed by atoms with E-state index in [9.17, 15) is 13.2 Å². The highest BCUT2D eigenvalue weighted by atomic mass is 32.2. The van der Waals surface area contributed by atoms with E-state index in [1.165, 1.54) is 18.3 Å². The number of aromatic nitrogens is 2. The lowest BCUT2D eigenvalue weighted by Gasteiger charge is -2.10. The number of hydrogen-bond acceptors (Lipinski definition) is 6. The summed E-state index contributed by atoms with van der Waals surface area (Å²) in [6.07, 6.45) is 3.16. The molecule has 0 bridgehead atoms. The molecule has 0 atom stereocenters. The van der Waals surface area contributed by atoms with E-state index >= 15 is 0 Å². The van der Waals surface area contributed by atoms with Crippen LogP contribution in [-0.2, 0) is 9.84 Å². The van der Waals surface area contributed by atoms with Crippen LogP contribution in [0.3, 0.4) is 0 Å². The number of nitrogens with one attached hydrogen (secondary N) is 1. The van der Waals surface area contributed by atoms with E-state index in [0.717, 1.165) is 17.9 Å². The maximum atomic E-state index is 11.4. The molecule has 1 N–H and O–H groups in total. The van der Waals surface area contributed by atoms with Crippen LogP contribution in [0.2, 0.25) is 0 Å². The monoisotopic (exact) mass is 360 g/mol. The summed E-state index contributed by atoms with van der Waals surface area (Å²) >= 11 is 0. The second-order valence-corrected chi connectivity index (χ2v) is 7.33. The van der Waals surface area contributed by atoms with E-state index in [4.69, 9.17) is 9.47 Å². The third kappa shape index (κ3) is 3.63. The topological polar surface area (TPSA) is 98.3 Å². The number of carbonyl (C=O) groups excluding carboxylic acids is 1. The Hall–Kier alpha value is -2.87. The van der Waals surface area contributed by atoms with Crippen molar-refractivity contribution in [3.8, 4) is 17.2 Å². The van der Waals surface area contributed by atoms with Gasteiger partial charge in [0.15, 0.2) is 21.1 Å². The molecule has 0 saturated carbocycles. The normalized spacial score (nSPS) is 11.4. The highest BCUT2D eigenvalue weighted by Gasteiger charge is 2.12. The first-order valence-electron chi connectivity index (χ1n) is 7.49. The molecule has 25 heavy (non-hydrogen) atoms. The van der Waals surface area contributed by atoms with Gasteiger partial charge < -0.3 is 14.5 Å². The van der Waals surface area contributed by atoms with Crippen molar-refractivity contribution < 1.29 is 22.7 Å². The van der Waals surface area contributed by atoms with E-state index in [-0.39, 0.29) is 5.03 Å². The van der Waals surface area contributed by atoms with E-state index < -0.39 is 9.84 Å². The smallest absolute Gasteiger partial charge is 0.192 e. The number of aldehydes is 1. The summed E-state index contributed by atoms with van der Waals surface area (Å²) in [5, 5.41) is 0.746. The number of fused-ring (bicyclic) bond motifs is 1. The van der Waals surface area contributed by atoms with Crippen molar-refractivity contribution in [3.63, 3.8) is 0 Å². The first-order chi connectivity index (χ1) is 11.9. The zero-order chi connectivity index (χ0) is 18.0. The predicted octanol–water partition coefficient (Wildman–Crippen LogP) is 2.97. The minimum Gasteiger partial charge on any atom is -0.492 e. The SMILES string of the molecule is CCOc1cc(Oc2ccc(S(C)(=O)=O)nc2)cc2cc(C=O)[nH]c12. The van der Waals surface area contributed by atoms with Gasteiger partial charge in [-0.2, -0.15) is 0 Å². The molecule has 1 aromatic carbocycles. The van der Waals surface area contributed by atoms with Crippen molar-refractivity contribution in [1.82, 2.24) is 9.97 Å². The average molecular weight is 360 g/mol. The summed E-state index contributed by atoms with van der Waals surface area (Å²) in [6, 6.07) is 8.06. The van der Waals surface area contributed by atoms with Crippen LogP contribution in [0.15, 0.2) is 41.6 Å². The lowest BCUT2D eigenvalue weighted by Crippen LogP contribution is -2.00. The largest absolute Gasteiger partial charge is 0.492 e. The summed E-state index contributed by atoms with van der Waals surface area (Å²) < 4.78 is 34.2. The number of pyridine rings is 1. The average Bonchev–Trinajstić information content (AvgIpc) is 2.98. The van der Waals surface area contributed by atoms with Crippen molar-refractivity contribution in [2.24, 2.45) is 0 Å².